The van der Waals surface area contributed by atoms with Crippen LogP contribution in [0.25, 0.3) is 0 Å². The summed E-state index contributed by atoms with van der Waals surface area (Å²) in [5.41, 5.74) is 1.37. The minimum Gasteiger partial charge on any atom is -0.445 e. The van der Waals surface area contributed by atoms with Gasteiger partial charge in [0.25, 0.3) is 0 Å². The van der Waals surface area contributed by atoms with Gasteiger partial charge in [-0.15, -0.1) is 0 Å². The average Bonchev–Trinajstić information content (AvgIpc) is 2.61. The summed E-state index contributed by atoms with van der Waals surface area (Å²) in [7, 11) is 0. The molecule has 1 amide bonds. The SMILES string of the molecule is CCNC1=C(/C=C(\C)C(F)(F)F)CN(C(=O)OCc2ccccc2)CC1. The molecule has 1 aliphatic rings. The van der Waals surface area contributed by atoms with Gasteiger partial charge < -0.3 is 15.0 Å². The maximum atomic E-state index is 12.9. The molecule has 0 spiro atoms. The molecule has 0 aromatic heterocycles. The molecule has 142 valence electrons. The fraction of sp³-hybridized carbons (Fsp3) is 0.421. The van der Waals surface area contributed by atoms with Gasteiger partial charge in [0.15, 0.2) is 0 Å². The zero-order chi connectivity index (χ0) is 19.2. The molecule has 0 saturated heterocycles. The lowest BCUT2D eigenvalue weighted by molar-refractivity contribution is -0.0913. The fourth-order valence-electron chi connectivity index (χ4n) is 2.65. The van der Waals surface area contributed by atoms with E-state index >= 15 is 0 Å². The normalized spacial score (nSPS) is 15.9. The lowest BCUT2D eigenvalue weighted by atomic mass is 10.0. The van der Waals surface area contributed by atoms with Crippen LogP contribution < -0.4 is 5.32 Å². The molecular formula is C19H23F3N2O2. The van der Waals surface area contributed by atoms with Crippen LogP contribution in [0.4, 0.5) is 18.0 Å². The van der Waals surface area contributed by atoms with Gasteiger partial charge in [-0.2, -0.15) is 13.2 Å². The number of ether oxygens (including phenoxy) is 1. The Hall–Kier alpha value is -2.44. The van der Waals surface area contributed by atoms with Crippen LogP contribution in [0.15, 0.2) is 53.3 Å². The molecule has 0 unspecified atom stereocenters. The second-order valence-corrected chi connectivity index (χ2v) is 6.07. The third-order valence-electron chi connectivity index (χ3n) is 4.07. The summed E-state index contributed by atoms with van der Waals surface area (Å²) in [5, 5.41) is 3.10. The molecule has 0 bridgehead atoms. The largest absolute Gasteiger partial charge is 0.445 e. The predicted octanol–water partition coefficient (Wildman–Crippen LogP) is 4.40. The van der Waals surface area contributed by atoms with Crippen LogP contribution in [-0.4, -0.2) is 36.8 Å². The molecule has 2 rings (SSSR count). The number of nitrogens with one attached hydrogen (secondary N) is 1. The van der Waals surface area contributed by atoms with Crippen LogP contribution in [0.1, 0.15) is 25.8 Å². The number of nitrogens with zero attached hydrogens (tertiary/aromatic N) is 1. The number of hydrogen-bond donors (Lipinski definition) is 1. The van der Waals surface area contributed by atoms with Crippen LogP contribution in [-0.2, 0) is 11.3 Å². The Kier molecular flexibility index (Phi) is 6.71. The zero-order valence-electron chi connectivity index (χ0n) is 14.9. The first-order valence-corrected chi connectivity index (χ1v) is 8.48. The second-order valence-electron chi connectivity index (χ2n) is 6.07. The Morgan fingerprint density at radius 1 is 1.31 bits per heavy atom. The third-order valence-corrected chi connectivity index (χ3v) is 4.07. The maximum Gasteiger partial charge on any atom is 0.412 e. The molecule has 1 aromatic rings. The van der Waals surface area contributed by atoms with Crippen LogP contribution in [0.3, 0.4) is 0 Å². The minimum atomic E-state index is -4.39. The Labute approximate surface area is 151 Å². The first-order valence-electron chi connectivity index (χ1n) is 8.48. The van der Waals surface area contributed by atoms with Crippen molar-refractivity contribution in [1.29, 1.82) is 0 Å². The van der Waals surface area contributed by atoms with E-state index in [-0.39, 0.29) is 13.2 Å². The highest BCUT2D eigenvalue weighted by Crippen LogP contribution is 2.28. The Bertz CT molecular complexity index is 682. The van der Waals surface area contributed by atoms with Crippen molar-refractivity contribution >= 4 is 6.09 Å². The summed E-state index contributed by atoms with van der Waals surface area (Å²) in [6.07, 6.45) is -3.35. The number of halogens is 3. The van der Waals surface area contributed by atoms with Gasteiger partial charge in [0.2, 0.25) is 0 Å². The van der Waals surface area contributed by atoms with Crippen LogP contribution in [0.5, 0.6) is 0 Å². The molecule has 0 radical (unpaired) electrons. The Balaban J connectivity index is 2.08. The van der Waals surface area contributed by atoms with Gasteiger partial charge in [-0.25, -0.2) is 4.79 Å². The van der Waals surface area contributed by atoms with Crippen LogP contribution in [0, 0.1) is 0 Å². The molecule has 1 aliphatic heterocycles. The summed E-state index contributed by atoms with van der Waals surface area (Å²) in [4.78, 5) is 13.7. The van der Waals surface area contributed by atoms with E-state index < -0.39 is 17.8 Å². The van der Waals surface area contributed by atoms with E-state index in [1.54, 1.807) is 0 Å². The highest BCUT2D eigenvalue weighted by molar-refractivity contribution is 5.68. The number of carbonyl (C=O) groups excluding carboxylic acids is 1. The second kappa shape index (κ2) is 8.78. The fourth-order valence-corrected chi connectivity index (χ4v) is 2.65. The summed E-state index contributed by atoms with van der Waals surface area (Å²) in [5.74, 6) is 0. The van der Waals surface area contributed by atoms with E-state index in [0.717, 1.165) is 24.3 Å². The summed E-state index contributed by atoms with van der Waals surface area (Å²) >= 11 is 0. The Morgan fingerprint density at radius 2 is 2.00 bits per heavy atom. The van der Waals surface area contributed by atoms with Crippen molar-refractivity contribution in [2.24, 2.45) is 0 Å². The van der Waals surface area contributed by atoms with Gasteiger partial charge in [-0.1, -0.05) is 30.3 Å². The molecule has 0 saturated carbocycles. The minimum absolute atomic E-state index is 0.0867. The lowest BCUT2D eigenvalue weighted by Crippen LogP contribution is -2.39. The topological polar surface area (TPSA) is 41.6 Å². The lowest BCUT2D eigenvalue weighted by Gasteiger charge is -2.30. The van der Waals surface area contributed by atoms with Crippen LogP contribution >= 0.6 is 0 Å². The van der Waals surface area contributed by atoms with Gasteiger partial charge in [0, 0.05) is 30.8 Å². The van der Waals surface area contributed by atoms with Crippen molar-refractivity contribution in [1.82, 2.24) is 10.2 Å². The number of alkyl halides is 3. The number of benzene rings is 1. The zero-order valence-corrected chi connectivity index (χ0v) is 14.9. The molecule has 4 nitrogen and oxygen atoms in total. The van der Waals surface area contributed by atoms with Gasteiger partial charge in [0.1, 0.15) is 6.61 Å². The van der Waals surface area contributed by atoms with Gasteiger partial charge in [-0.3, -0.25) is 0 Å². The van der Waals surface area contributed by atoms with Crippen molar-refractivity contribution < 1.29 is 22.7 Å². The maximum absolute atomic E-state index is 12.9. The van der Waals surface area contributed by atoms with Crippen molar-refractivity contribution in [3.05, 3.63) is 58.8 Å². The highest BCUT2D eigenvalue weighted by atomic mass is 19.4. The number of amides is 1. The summed E-state index contributed by atoms with van der Waals surface area (Å²) < 4.78 is 43.9. The van der Waals surface area contributed by atoms with Crippen LogP contribution in [0.2, 0.25) is 0 Å². The van der Waals surface area contributed by atoms with E-state index in [2.05, 4.69) is 5.32 Å². The summed E-state index contributed by atoms with van der Waals surface area (Å²) in [6.45, 7) is 4.14. The van der Waals surface area contributed by atoms with Crippen molar-refractivity contribution in [3.63, 3.8) is 0 Å². The van der Waals surface area contributed by atoms with Gasteiger partial charge in [-0.05, 0) is 31.1 Å². The van der Waals surface area contributed by atoms with E-state index in [1.807, 2.05) is 37.3 Å². The van der Waals surface area contributed by atoms with Crippen molar-refractivity contribution in [2.75, 3.05) is 19.6 Å². The molecule has 1 heterocycles. The average molecular weight is 368 g/mol. The van der Waals surface area contributed by atoms with Crippen molar-refractivity contribution in [3.8, 4) is 0 Å². The van der Waals surface area contributed by atoms with E-state index in [0.29, 0.717) is 25.1 Å². The Morgan fingerprint density at radius 3 is 2.62 bits per heavy atom. The number of rotatable bonds is 5. The molecule has 0 aliphatic carbocycles. The smallest absolute Gasteiger partial charge is 0.412 e. The number of allylic oxidation sites excluding steroid dienone is 1. The first-order chi connectivity index (χ1) is 12.3. The molecule has 1 N–H and O–H groups in total. The predicted molar refractivity (Wildman–Crippen MR) is 93.3 cm³/mol. The standard InChI is InChI=1S/C19H23F3N2O2/c1-3-23-17-9-10-24(12-16(17)11-14(2)19(20,21)22)18(25)26-13-15-7-5-4-6-8-15/h4-8,11,23H,3,9-10,12-13H2,1-2H3/b14-11+. The van der Waals surface area contributed by atoms with Gasteiger partial charge >= 0.3 is 12.3 Å². The molecular weight excluding hydrogens is 345 g/mol. The van der Waals surface area contributed by atoms with E-state index in [1.165, 1.54) is 4.90 Å². The molecule has 7 heteroatoms. The number of hydrogen-bond acceptors (Lipinski definition) is 3. The molecule has 0 atom stereocenters. The quantitative estimate of drug-likeness (QED) is 0.838. The molecule has 1 aromatic carbocycles. The molecule has 26 heavy (non-hydrogen) atoms. The number of carbonyl (C=O) groups is 1. The molecule has 0 fully saturated rings. The van der Waals surface area contributed by atoms with E-state index in [9.17, 15) is 18.0 Å². The van der Waals surface area contributed by atoms with Crippen molar-refractivity contribution in [2.45, 2.75) is 33.1 Å². The van der Waals surface area contributed by atoms with E-state index in [4.69, 9.17) is 4.74 Å². The highest BCUT2D eigenvalue weighted by Gasteiger charge is 2.31. The first kappa shape index (κ1) is 19.9. The summed E-state index contributed by atoms with van der Waals surface area (Å²) in [6, 6.07) is 9.24. The third kappa shape index (κ3) is 5.54. The monoisotopic (exact) mass is 368 g/mol. The van der Waals surface area contributed by atoms with Gasteiger partial charge in [0.05, 0.1) is 6.54 Å².